The van der Waals surface area contributed by atoms with Gasteiger partial charge in [0.15, 0.2) is 5.78 Å². The van der Waals surface area contributed by atoms with E-state index in [-0.39, 0.29) is 11.7 Å². The van der Waals surface area contributed by atoms with Gasteiger partial charge in [0.05, 0.1) is 10.7 Å². The molecule has 0 N–H and O–H groups in total. The highest BCUT2D eigenvalue weighted by molar-refractivity contribution is 9.10. The maximum absolute atomic E-state index is 12.3. The fourth-order valence-corrected chi connectivity index (χ4v) is 2.94. The molecule has 2 rings (SSSR count). The Balaban J connectivity index is 2.28. The SMILES string of the molecule is CC1CCCC1C(=O)c1c(Br)cnn1C. The number of halogens is 1. The molecule has 1 aliphatic carbocycles. The van der Waals surface area contributed by atoms with Gasteiger partial charge in [-0.25, -0.2) is 0 Å². The first kappa shape index (κ1) is 10.9. The average molecular weight is 271 g/mol. The van der Waals surface area contributed by atoms with Crippen LogP contribution in [0.5, 0.6) is 0 Å². The highest BCUT2D eigenvalue weighted by atomic mass is 79.9. The van der Waals surface area contributed by atoms with E-state index >= 15 is 0 Å². The summed E-state index contributed by atoms with van der Waals surface area (Å²) >= 11 is 3.38. The average Bonchev–Trinajstić information content (AvgIpc) is 2.73. The fraction of sp³-hybridized carbons (Fsp3) is 0.636. The Labute approximate surface area is 98.0 Å². The van der Waals surface area contributed by atoms with Gasteiger partial charge in [-0.15, -0.1) is 0 Å². The minimum absolute atomic E-state index is 0.191. The van der Waals surface area contributed by atoms with E-state index < -0.39 is 0 Å². The number of hydrogen-bond donors (Lipinski definition) is 0. The van der Waals surface area contributed by atoms with Crippen molar-refractivity contribution in [2.75, 3.05) is 0 Å². The van der Waals surface area contributed by atoms with Crippen LogP contribution in [-0.2, 0) is 7.05 Å². The molecule has 2 atom stereocenters. The number of hydrogen-bond acceptors (Lipinski definition) is 2. The van der Waals surface area contributed by atoms with Gasteiger partial charge in [0.25, 0.3) is 0 Å². The summed E-state index contributed by atoms with van der Waals surface area (Å²) in [6, 6.07) is 0. The largest absolute Gasteiger partial charge is 0.292 e. The number of Topliss-reactive ketones (excluding diaryl/α,β-unsaturated/α-hetero) is 1. The van der Waals surface area contributed by atoms with Crippen molar-refractivity contribution >= 4 is 21.7 Å². The van der Waals surface area contributed by atoms with Gasteiger partial charge in [-0.05, 0) is 34.7 Å². The molecule has 0 aliphatic heterocycles. The van der Waals surface area contributed by atoms with Gasteiger partial charge in [0.1, 0.15) is 5.69 Å². The molecule has 0 radical (unpaired) electrons. The first-order chi connectivity index (χ1) is 7.11. The number of ketones is 1. The molecule has 1 saturated carbocycles. The first-order valence-electron chi connectivity index (χ1n) is 5.33. The van der Waals surface area contributed by atoms with E-state index in [2.05, 4.69) is 28.0 Å². The topological polar surface area (TPSA) is 34.9 Å². The van der Waals surface area contributed by atoms with Crippen LogP contribution in [0.3, 0.4) is 0 Å². The van der Waals surface area contributed by atoms with Gasteiger partial charge in [0, 0.05) is 13.0 Å². The monoisotopic (exact) mass is 270 g/mol. The standard InChI is InChI=1S/C11H15BrN2O/c1-7-4-3-5-8(7)11(15)10-9(12)6-13-14(10)2/h6-8H,3-5H2,1-2H3. The molecule has 4 heteroatoms. The Morgan fingerprint density at radius 1 is 1.60 bits per heavy atom. The summed E-state index contributed by atoms with van der Waals surface area (Å²) in [6.07, 6.45) is 5.06. The fourth-order valence-electron chi connectivity index (χ4n) is 2.40. The summed E-state index contributed by atoms with van der Waals surface area (Å²) in [7, 11) is 1.82. The highest BCUT2D eigenvalue weighted by Crippen LogP contribution is 2.34. The van der Waals surface area contributed by atoms with Crippen LogP contribution in [0.2, 0.25) is 0 Å². The molecule has 3 nitrogen and oxygen atoms in total. The van der Waals surface area contributed by atoms with Crippen LogP contribution >= 0.6 is 15.9 Å². The molecule has 82 valence electrons. The lowest BCUT2D eigenvalue weighted by Crippen LogP contribution is -2.20. The summed E-state index contributed by atoms with van der Waals surface area (Å²) in [5, 5.41) is 4.08. The number of aryl methyl sites for hydroxylation is 1. The van der Waals surface area contributed by atoms with Crippen LogP contribution < -0.4 is 0 Å². The summed E-state index contributed by atoms with van der Waals surface area (Å²) in [5.41, 5.74) is 0.716. The summed E-state index contributed by atoms with van der Waals surface area (Å²) in [5.74, 6) is 0.947. The van der Waals surface area contributed by atoms with Crippen LogP contribution in [0.4, 0.5) is 0 Å². The lowest BCUT2D eigenvalue weighted by molar-refractivity contribution is 0.0886. The molecule has 1 aromatic rings. The number of carbonyl (C=O) groups is 1. The minimum atomic E-state index is 0.191. The summed E-state index contributed by atoms with van der Waals surface area (Å²) in [6.45, 7) is 2.17. The second-order valence-electron chi connectivity index (χ2n) is 4.34. The maximum Gasteiger partial charge on any atom is 0.185 e. The van der Waals surface area contributed by atoms with Crippen molar-refractivity contribution < 1.29 is 4.79 Å². The second kappa shape index (κ2) is 4.08. The smallest absolute Gasteiger partial charge is 0.185 e. The van der Waals surface area contributed by atoms with E-state index in [9.17, 15) is 4.79 Å². The van der Waals surface area contributed by atoms with Crippen LogP contribution in [0.1, 0.15) is 36.7 Å². The van der Waals surface area contributed by atoms with E-state index in [4.69, 9.17) is 0 Å². The number of aromatic nitrogens is 2. The maximum atomic E-state index is 12.3. The van der Waals surface area contributed by atoms with Gasteiger partial charge in [-0.2, -0.15) is 5.10 Å². The van der Waals surface area contributed by atoms with Crippen LogP contribution in [0.15, 0.2) is 10.7 Å². The van der Waals surface area contributed by atoms with Crippen molar-refractivity contribution in [3.63, 3.8) is 0 Å². The third kappa shape index (κ3) is 1.87. The quantitative estimate of drug-likeness (QED) is 0.775. The van der Waals surface area contributed by atoms with Gasteiger partial charge >= 0.3 is 0 Å². The molecule has 0 aromatic carbocycles. The van der Waals surface area contributed by atoms with E-state index in [1.165, 1.54) is 12.8 Å². The van der Waals surface area contributed by atoms with Gasteiger partial charge in [0.2, 0.25) is 0 Å². The molecule has 0 amide bonds. The molecule has 2 unspecified atom stereocenters. The van der Waals surface area contributed by atoms with Crippen molar-refractivity contribution in [2.45, 2.75) is 26.2 Å². The van der Waals surface area contributed by atoms with Crippen LogP contribution in [-0.4, -0.2) is 15.6 Å². The lowest BCUT2D eigenvalue weighted by Gasteiger charge is -2.14. The zero-order valence-electron chi connectivity index (χ0n) is 9.03. The summed E-state index contributed by atoms with van der Waals surface area (Å²) in [4.78, 5) is 12.3. The normalized spacial score (nSPS) is 25.8. The number of rotatable bonds is 2. The van der Waals surface area contributed by atoms with E-state index in [1.54, 1.807) is 10.9 Å². The third-order valence-electron chi connectivity index (χ3n) is 3.33. The van der Waals surface area contributed by atoms with E-state index in [1.807, 2.05) is 7.05 Å². The van der Waals surface area contributed by atoms with E-state index in [0.717, 1.165) is 10.9 Å². The predicted molar refractivity (Wildman–Crippen MR) is 61.7 cm³/mol. The van der Waals surface area contributed by atoms with Crippen molar-refractivity contribution in [3.8, 4) is 0 Å². The molecule has 1 heterocycles. The molecule has 1 fully saturated rings. The lowest BCUT2D eigenvalue weighted by atomic mass is 9.92. The van der Waals surface area contributed by atoms with Gasteiger partial charge < -0.3 is 0 Å². The predicted octanol–water partition coefficient (Wildman–Crippen LogP) is 2.80. The van der Waals surface area contributed by atoms with Crippen molar-refractivity contribution in [2.24, 2.45) is 18.9 Å². The van der Waals surface area contributed by atoms with Crippen molar-refractivity contribution in [3.05, 3.63) is 16.4 Å². The Bertz CT molecular complexity index is 366. The Morgan fingerprint density at radius 2 is 2.33 bits per heavy atom. The summed E-state index contributed by atoms with van der Waals surface area (Å²) < 4.78 is 2.48. The molecular formula is C11H15BrN2O. The van der Waals surface area contributed by atoms with Crippen LogP contribution in [0.25, 0.3) is 0 Å². The minimum Gasteiger partial charge on any atom is -0.292 e. The Kier molecular flexibility index (Phi) is 2.96. The van der Waals surface area contributed by atoms with Gasteiger partial charge in [-0.1, -0.05) is 13.3 Å². The molecule has 0 bridgehead atoms. The molecular weight excluding hydrogens is 256 g/mol. The number of nitrogens with zero attached hydrogens (tertiary/aromatic N) is 2. The number of carbonyl (C=O) groups excluding carboxylic acids is 1. The zero-order valence-corrected chi connectivity index (χ0v) is 10.6. The molecule has 0 spiro atoms. The molecule has 1 aromatic heterocycles. The first-order valence-corrected chi connectivity index (χ1v) is 6.12. The third-order valence-corrected chi connectivity index (χ3v) is 3.91. The highest BCUT2D eigenvalue weighted by Gasteiger charge is 2.32. The van der Waals surface area contributed by atoms with Crippen molar-refractivity contribution in [1.29, 1.82) is 0 Å². The van der Waals surface area contributed by atoms with Gasteiger partial charge in [-0.3, -0.25) is 9.48 Å². The Hall–Kier alpha value is -0.640. The molecule has 0 saturated heterocycles. The van der Waals surface area contributed by atoms with Crippen molar-refractivity contribution in [1.82, 2.24) is 9.78 Å². The zero-order chi connectivity index (χ0) is 11.0. The van der Waals surface area contributed by atoms with E-state index in [0.29, 0.717) is 11.6 Å². The molecule has 15 heavy (non-hydrogen) atoms. The molecule has 1 aliphatic rings. The van der Waals surface area contributed by atoms with Crippen LogP contribution in [0, 0.1) is 11.8 Å². The Morgan fingerprint density at radius 3 is 2.80 bits per heavy atom. The second-order valence-corrected chi connectivity index (χ2v) is 5.20.